The van der Waals surface area contributed by atoms with E-state index in [9.17, 15) is 19.1 Å². The van der Waals surface area contributed by atoms with E-state index in [-0.39, 0.29) is 35.7 Å². The van der Waals surface area contributed by atoms with Crippen LogP contribution in [0.15, 0.2) is 35.9 Å². The van der Waals surface area contributed by atoms with E-state index in [0.29, 0.717) is 35.4 Å². The van der Waals surface area contributed by atoms with E-state index in [0.717, 1.165) is 5.56 Å². The number of hydrogen-bond acceptors (Lipinski definition) is 5. The Morgan fingerprint density at radius 2 is 2.07 bits per heavy atom. The molecule has 0 saturated carbocycles. The van der Waals surface area contributed by atoms with Crippen LogP contribution in [0.25, 0.3) is 6.08 Å². The Morgan fingerprint density at radius 1 is 1.29 bits per heavy atom. The van der Waals surface area contributed by atoms with Gasteiger partial charge in [-0.1, -0.05) is 6.07 Å². The fourth-order valence-corrected chi connectivity index (χ4v) is 3.40. The van der Waals surface area contributed by atoms with Crippen molar-refractivity contribution in [3.05, 3.63) is 58.4 Å². The van der Waals surface area contributed by atoms with Gasteiger partial charge in [0.15, 0.2) is 23.1 Å². The number of carbonyl (C=O) groups excluding carboxylic acids is 2. The van der Waals surface area contributed by atoms with Gasteiger partial charge in [-0.3, -0.25) is 9.59 Å². The summed E-state index contributed by atoms with van der Waals surface area (Å²) in [6, 6.07) is 7.74. The lowest BCUT2D eigenvalue weighted by atomic mass is 9.87. The van der Waals surface area contributed by atoms with Crippen molar-refractivity contribution in [3.8, 4) is 11.5 Å². The first-order valence-corrected chi connectivity index (χ1v) is 9.07. The minimum absolute atomic E-state index is 0.0621. The molecule has 0 saturated heterocycles. The molecule has 1 aliphatic rings. The summed E-state index contributed by atoms with van der Waals surface area (Å²) in [7, 11) is 3.14. The molecule has 0 atom stereocenters. The number of fused-ring (bicyclic) bond motifs is 1. The monoisotopic (exact) mass is 383 g/mol. The highest BCUT2D eigenvalue weighted by Crippen LogP contribution is 2.30. The van der Waals surface area contributed by atoms with Crippen LogP contribution in [-0.4, -0.2) is 30.8 Å². The van der Waals surface area contributed by atoms with Crippen molar-refractivity contribution in [2.24, 2.45) is 0 Å². The molecule has 0 unspecified atom stereocenters. The highest BCUT2D eigenvalue weighted by Gasteiger charge is 2.25. The number of hydrogen-bond donors (Lipinski definition) is 2. The predicted molar refractivity (Wildman–Crippen MR) is 105 cm³/mol. The molecule has 0 fully saturated rings. The number of Topliss-reactive ketones (excluding diaryl/α,β-unsaturated/α-hetero) is 2. The number of aromatic hydroxyl groups is 1. The number of aryl methyl sites for hydroxylation is 1. The standard InChI is InChI=1S/C22H22FNO4/c1-24-18-11-15(23)9-14-10-17(21(27)12-16(14)18)19(25)5-3-4-13-6-7-20(26)22(8-13)28-2/h6-11,24,26H,3-5,12H2,1-2H3. The molecule has 0 aromatic heterocycles. The largest absolute Gasteiger partial charge is 0.504 e. The van der Waals surface area contributed by atoms with Crippen LogP contribution >= 0.6 is 0 Å². The molecule has 6 heteroatoms. The molecular weight excluding hydrogens is 361 g/mol. The zero-order valence-corrected chi connectivity index (χ0v) is 15.8. The fraction of sp³-hybridized carbons (Fsp3) is 0.273. The molecule has 0 bridgehead atoms. The van der Waals surface area contributed by atoms with E-state index in [1.54, 1.807) is 25.2 Å². The number of anilines is 1. The van der Waals surface area contributed by atoms with Gasteiger partial charge in [0.05, 0.1) is 12.7 Å². The second-order valence-electron chi connectivity index (χ2n) is 6.71. The number of allylic oxidation sites excluding steroid dienone is 1. The quantitative estimate of drug-likeness (QED) is 0.714. The number of phenolic OH excluding ortho intramolecular Hbond substituents is 1. The summed E-state index contributed by atoms with van der Waals surface area (Å²) in [4.78, 5) is 25.0. The lowest BCUT2D eigenvalue weighted by Crippen LogP contribution is -2.20. The van der Waals surface area contributed by atoms with Crippen LogP contribution < -0.4 is 10.1 Å². The van der Waals surface area contributed by atoms with Crippen molar-refractivity contribution in [2.75, 3.05) is 19.5 Å². The van der Waals surface area contributed by atoms with Crippen LogP contribution in [0.3, 0.4) is 0 Å². The zero-order valence-electron chi connectivity index (χ0n) is 15.8. The highest BCUT2D eigenvalue weighted by molar-refractivity contribution is 6.25. The molecule has 5 nitrogen and oxygen atoms in total. The number of methoxy groups -OCH3 is 1. The number of phenols is 1. The molecule has 0 spiro atoms. The number of ketones is 2. The van der Waals surface area contributed by atoms with Gasteiger partial charge in [0.25, 0.3) is 0 Å². The second-order valence-corrected chi connectivity index (χ2v) is 6.71. The summed E-state index contributed by atoms with van der Waals surface area (Å²) in [6.45, 7) is 0. The molecule has 0 aliphatic heterocycles. The van der Waals surface area contributed by atoms with Crippen molar-refractivity contribution in [1.82, 2.24) is 0 Å². The van der Waals surface area contributed by atoms with Gasteiger partial charge in [-0.15, -0.1) is 0 Å². The average Bonchev–Trinajstić information content (AvgIpc) is 2.68. The molecular formula is C22H22FNO4. The van der Waals surface area contributed by atoms with Gasteiger partial charge in [0, 0.05) is 25.6 Å². The van der Waals surface area contributed by atoms with Gasteiger partial charge in [-0.25, -0.2) is 4.39 Å². The van der Waals surface area contributed by atoms with Crippen LogP contribution in [0.5, 0.6) is 11.5 Å². The highest BCUT2D eigenvalue weighted by atomic mass is 19.1. The van der Waals surface area contributed by atoms with E-state index in [1.165, 1.54) is 25.3 Å². The minimum Gasteiger partial charge on any atom is -0.504 e. The number of ether oxygens (including phenoxy) is 1. The van der Waals surface area contributed by atoms with Gasteiger partial charge in [-0.2, -0.15) is 0 Å². The maximum absolute atomic E-state index is 13.8. The summed E-state index contributed by atoms with van der Waals surface area (Å²) in [5.41, 5.74) is 2.89. The van der Waals surface area contributed by atoms with E-state index < -0.39 is 5.82 Å². The van der Waals surface area contributed by atoms with Gasteiger partial charge in [0.1, 0.15) is 5.82 Å². The Kier molecular flexibility index (Phi) is 5.78. The molecule has 2 aromatic carbocycles. The third-order valence-electron chi connectivity index (χ3n) is 4.87. The number of rotatable bonds is 7. The average molecular weight is 383 g/mol. The Labute approximate surface area is 162 Å². The van der Waals surface area contributed by atoms with Crippen molar-refractivity contribution >= 4 is 23.3 Å². The van der Waals surface area contributed by atoms with E-state index in [1.807, 2.05) is 0 Å². The minimum atomic E-state index is -0.415. The van der Waals surface area contributed by atoms with Crippen LogP contribution in [0, 0.1) is 5.82 Å². The van der Waals surface area contributed by atoms with Crippen LogP contribution in [0.4, 0.5) is 10.1 Å². The molecule has 0 amide bonds. The lowest BCUT2D eigenvalue weighted by molar-refractivity contribution is -0.121. The molecule has 1 aliphatic carbocycles. The van der Waals surface area contributed by atoms with Gasteiger partial charge in [0.2, 0.25) is 0 Å². The second kappa shape index (κ2) is 8.25. The van der Waals surface area contributed by atoms with Gasteiger partial charge < -0.3 is 15.2 Å². The maximum atomic E-state index is 13.8. The van der Waals surface area contributed by atoms with Crippen molar-refractivity contribution < 1.29 is 23.8 Å². The zero-order chi connectivity index (χ0) is 20.3. The number of nitrogens with one attached hydrogen (secondary N) is 1. The number of benzene rings is 2. The topological polar surface area (TPSA) is 75.6 Å². The Hall–Kier alpha value is -3.15. The van der Waals surface area contributed by atoms with E-state index in [2.05, 4.69) is 5.32 Å². The van der Waals surface area contributed by atoms with Crippen LogP contribution in [0.2, 0.25) is 0 Å². The summed E-state index contributed by atoms with van der Waals surface area (Å²) < 4.78 is 18.9. The summed E-state index contributed by atoms with van der Waals surface area (Å²) >= 11 is 0. The molecule has 2 N–H and O–H groups in total. The summed E-state index contributed by atoms with van der Waals surface area (Å²) in [6.07, 6.45) is 2.95. The van der Waals surface area contributed by atoms with E-state index >= 15 is 0 Å². The first-order valence-electron chi connectivity index (χ1n) is 9.07. The van der Waals surface area contributed by atoms with Crippen molar-refractivity contribution in [3.63, 3.8) is 0 Å². The number of carbonyl (C=O) groups is 2. The smallest absolute Gasteiger partial charge is 0.170 e. The molecule has 28 heavy (non-hydrogen) atoms. The SMILES string of the molecule is CNc1cc(F)cc2c1CC(=O)C(C(=O)CCCc1ccc(O)c(OC)c1)=C2. The lowest BCUT2D eigenvalue weighted by Gasteiger charge is -2.18. The van der Waals surface area contributed by atoms with Gasteiger partial charge >= 0.3 is 0 Å². The molecule has 0 radical (unpaired) electrons. The van der Waals surface area contributed by atoms with Gasteiger partial charge in [-0.05, 0) is 59.9 Å². The fourth-order valence-electron chi connectivity index (χ4n) is 3.40. The molecule has 146 valence electrons. The van der Waals surface area contributed by atoms with Crippen LogP contribution in [0.1, 0.15) is 29.5 Å². The molecule has 3 rings (SSSR count). The number of halogens is 1. The Morgan fingerprint density at radius 3 is 2.79 bits per heavy atom. The normalized spacial score (nSPS) is 13.0. The maximum Gasteiger partial charge on any atom is 0.170 e. The first-order chi connectivity index (χ1) is 13.4. The molecule has 2 aromatic rings. The van der Waals surface area contributed by atoms with Crippen molar-refractivity contribution in [2.45, 2.75) is 25.7 Å². The summed E-state index contributed by atoms with van der Waals surface area (Å²) in [5, 5.41) is 12.5. The molecule has 0 heterocycles. The third-order valence-corrected chi connectivity index (χ3v) is 4.87. The Bertz CT molecular complexity index is 965. The summed E-state index contributed by atoms with van der Waals surface area (Å²) in [5.74, 6) is -0.453. The van der Waals surface area contributed by atoms with Crippen LogP contribution in [-0.2, 0) is 22.4 Å². The Balaban J connectivity index is 1.70. The van der Waals surface area contributed by atoms with E-state index in [4.69, 9.17) is 4.74 Å². The third kappa shape index (κ3) is 4.06. The predicted octanol–water partition coefficient (Wildman–Crippen LogP) is 3.68. The first kappa shape index (κ1) is 19.6. The van der Waals surface area contributed by atoms with Crippen molar-refractivity contribution in [1.29, 1.82) is 0 Å².